The topological polar surface area (TPSA) is 64.6 Å². The van der Waals surface area contributed by atoms with E-state index in [4.69, 9.17) is 9.47 Å². The minimum Gasteiger partial charge on any atom is -0.463 e. The van der Waals surface area contributed by atoms with Crippen molar-refractivity contribution >= 4 is 11.8 Å². The van der Waals surface area contributed by atoms with Gasteiger partial charge in [0.05, 0.1) is 12.6 Å². The molecule has 0 aliphatic rings. The van der Waals surface area contributed by atoms with Crippen molar-refractivity contribution in [2.75, 3.05) is 27.4 Å². The first-order valence-electron chi connectivity index (χ1n) is 4.94. The van der Waals surface area contributed by atoms with Gasteiger partial charge in [0, 0.05) is 13.5 Å². The molecule has 0 aliphatic carbocycles. The molecule has 0 fully saturated rings. The van der Waals surface area contributed by atoms with Gasteiger partial charge in [-0.05, 0) is 20.4 Å². The second kappa shape index (κ2) is 8.38. The molecule has 0 saturated heterocycles. The van der Waals surface area contributed by atoms with E-state index in [0.717, 1.165) is 0 Å². The van der Waals surface area contributed by atoms with Crippen LogP contribution in [0.1, 0.15) is 19.8 Å². The van der Waals surface area contributed by atoms with Crippen molar-refractivity contribution in [3.63, 3.8) is 0 Å². The van der Waals surface area contributed by atoms with Crippen LogP contribution < -0.4 is 5.32 Å². The molecule has 1 unspecified atom stereocenters. The monoisotopic (exact) mass is 217 g/mol. The third-order valence-electron chi connectivity index (χ3n) is 2.03. The van der Waals surface area contributed by atoms with Crippen molar-refractivity contribution in [2.24, 2.45) is 0 Å². The second-order valence-corrected chi connectivity index (χ2v) is 3.20. The molecule has 5 nitrogen and oxygen atoms in total. The Labute approximate surface area is 90.1 Å². The molecular weight excluding hydrogens is 198 g/mol. The summed E-state index contributed by atoms with van der Waals surface area (Å²) < 4.78 is 9.59. The molecule has 0 aromatic heterocycles. The van der Waals surface area contributed by atoms with Crippen LogP contribution in [0.25, 0.3) is 0 Å². The lowest BCUT2D eigenvalue weighted by Gasteiger charge is -2.11. The van der Waals surface area contributed by atoms with Crippen molar-refractivity contribution in [2.45, 2.75) is 25.8 Å². The number of likely N-dealkylation sites (N-methyl/N-ethyl adjacent to an activating group) is 1. The number of nitrogens with one attached hydrogen (secondary N) is 1. The van der Waals surface area contributed by atoms with Crippen LogP contribution in [-0.4, -0.2) is 45.2 Å². The van der Waals surface area contributed by atoms with Crippen LogP contribution in [-0.2, 0) is 19.1 Å². The normalized spacial score (nSPS) is 12.2. The molecule has 0 spiro atoms. The van der Waals surface area contributed by atoms with E-state index in [0.29, 0.717) is 13.0 Å². The van der Waals surface area contributed by atoms with Gasteiger partial charge in [-0.1, -0.05) is 0 Å². The molecule has 0 aliphatic heterocycles. The lowest BCUT2D eigenvalue weighted by atomic mass is 10.1. The largest absolute Gasteiger partial charge is 0.463 e. The Balaban J connectivity index is 3.64. The van der Waals surface area contributed by atoms with Crippen molar-refractivity contribution in [3.05, 3.63) is 0 Å². The number of methoxy groups -OCH3 is 1. The van der Waals surface area contributed by atoms with Gasteiger partial charge in [-0.3, -0.25) is 9.59 Å². The molecule has 0 amide bonds. The maximum absolute atomic E-state index is 11.1. The van der Waals surface area contributed by atoms with Crippen LogP contribution in [0.15, 0.2) is 0 Å². The minimum atomic E-state index is -0.298. The molecule has 1 atom stereocenters. The number of ether oxygens (including phenoxy) is 2. The van der Waals surface area contributed by atoms with Gasteiger partial charge >= 0.3 is 5.97 Å². The van der Waals surface area contributed by atoms with E-state index in [1.165, 1.54) is 6.92 Å². The molecule has 0 heterocycles. The SMILES string of the molecule is CNC(CCC(=O)OCCOC)C(C)=O. The van der Waals surface area contributed by atoms with Crippen LogP contribution in [0.2, 0.25) is 0 Å². The fourth-order valence-corrected chi connectivity index (χ4v) is 1.12. The molecule has 0 aromatic carbocycles. The molecular formula is C10H19NO4. The van der Waals surface area contributed by atoms with Gasteiger partial charge in [-0.25, -0.2) is 0 Å². The van der Waals surface area contributed by atoms with Crippen LogP contribution in [0.5, 0.6) is 0 Å². The van der Waals surface area contributed by atoms with Gasteiger partial charge in [0.25, 0.3) is 0 Å². The number of Topliss-reactive ketones (excluding diaryl/α,β-unsaturated/α-hetero) is 1. The molecule has 0 saturated carbocycles. The molecule has 1 N–H and O–H groups in total. The van der Waals surface area contributed by atoms with E-state index < -0.39 is 0 Å². The molecule has 0 aromatic rings. The zero-order chi connectivity index (χ0) is 11.7. The summed E-state index contributed by atoms with van der Waals surface area (Å²) in [7, 11) is 3.24. The summed E-state index contributed by atoms with van der Waals surface area (Å²) in [6.45, 7) is 2.16. The molecule has 15 heavy (non-hydrogen) atoms. The Morgan fingerprint density at radius 1 is 1.33 bits per heavy atom. The number of hydrogen-bond acceptors (Lipinski definition) is 5. The number of carbonyl (C=O) groups is 2. The van der Waals surface area contributed by atoms with Gasteiger partial charge in [0.15, 0.2) is 0 Å². The maximum atomic E-state index is 11.1. The van der Waals surface area contributed by atoms with Gasteiger partial charge in [-0.15, -0.1) is 0 Å². The van der Waals surface area contributed by atoms with Crippen molar-refractivity contribution < 1.29 is 19.1 Å². The molecule has 5 heteroatoms. The fourth-order valence-electron chi connectivity index (χ4n) is 1.12. The Hall–Kier alpha value is -0.940. The van der Waals surface area contributed by atoms with Crippen molar-refractivity contribution in [3.8, 4) is 0 Å². The summed E-state index contributed by atoms with van der Waals surface area (Å²) in [5.74, 6) is -0.268. The number of rotatable bonds is 8. The third-order valence-corrected chi connectivity index (χ3v) is 2.03. The predicted octanol–water partition coefficient (Wildman–Crippen LogP) is 0.133. The summed E-state index contributed by atoms with van der Waals surface area (Å²) >= 11 is 0. The van der Waals surface area contributed by atoms with Gasteiger partial charge in [0.2, 0.25) is 0 Å². The van der Waals surface area contributed by atoms with E-state index in [1.54, 1.807) is 14.2 Å². The Kier molecular flexibility index (Phi) is 7.85. The second-order valence-electron chi connectivity index (χ2n) is 3.20. The van der Waals surface area contributed by atoms with E-state index in [9.17, 15) is 9.59 Å². The summed E-state index contributed by atoms with van der Waals surface area (Å²) in [6, 6.07) is -0.264. The molecule has 0 bridgehead atoms. The molecule has 0 radical (unpaired) electrons. The van der Waals surface area contributed by atoms with Crippen LogP contribution in [0, 0.1) is 0 Å². The Bertz CT molecular complexity index is 206. The standard InChI is InChI=1S/C10H19NO4/c1-8(12)9(11-2)4-5-10(13)15-7-6-14-3/h9,11H,4-7H2,1-3H3. The highest BCUT2D eigenvalue weighted by atomic mass is 16.6. The first-order chi connectivity index (χ1) is 7.11. The number of ketones is 1. The summed E-state index contributed by atoms with van der Waals surface area (Å²) in [5.41, 5.74) is 0. The Morgan fingerprint density at radius 2 is 2.00 bits per heavy atom. The first kappa shape index (κ1) is 14.1. The summed E-state index contributed by atoms with van der Waals surface area (Å²) in [4.78, 5) is 22.2. The van der Waals surface area contributed by atoms with Crippen LogP contribution in [0.3, 0.4) is 0 Å². The smallest absolute Gasteiger partial charge is 0.305 e. The van der Waals surface area contributed by atoms with Crippen molar-refractivity contribution in [1.29, 1.82) is 0 Å². The summed E-state index contributed by atoms with van der Waals surface area (Å²) in [6.07, 6.45) is 0.715. The predicted molar refractivity (Wildman–Crippen MR) is 55.6 cm³/mol. The van der Waals surface area contributed by atoms with E-state index in [-0.39, 0.29) is 30.8 Å². The molecule has 0 rings (SSSR count). The van der Waals surface area contributed by atoms with Gasteiger partial charge in [-0.2, -0.15) is 0 Å². The van der Waals surface area contributed by atoms with E-state index in [2.05, 4.69) is 5.32 Å². The minimum absolute atomic E-state index is 0.0298. The van der Waals surface area contributed by atoms with Crippen molar-refractivity contribution in [1.82, 2.24) is 5.32 Å². The van der Waals surface area contributed by atoms with Crippen LogP contribution in [0.4, 0.5) is 0 Å². The fraction of sp³-hybridized carbons (Fsp3) is 0.800. The first-order valence-corrected chi connectivity index (χ1v) is 4.94. The van der Waals surface area contributed by atoms with Crippen LogP contribution >= 0.6 is 0 Å². The summed E-state index contributed by atoms with van der Waals surface area (Å²) in [5, 5.41) is 2.84. The lowest BCUT2D eigenvalue weighted by molar-refractivity contribution is -0.145. The number of hydrogen-bond donors (Lipinski definition) is 1. The highest BCUT2D eigenvalue weighted by Gasteiger charge is 2.13. The third kappa shape index (κ3) is 7.04. The maximum Gasteiger partial charge on any atom is 0.305 e. The molecule has 88 valence electrons. The average Bonchev–Trinajstić information content (AvgIpc) is 2.18. The quantitative estimate of drug-likeness (QED) is 0.462. The number of carbonyl (C=O) groups excluding carboxylic acids is 2. The highest BCUT2D eigenvalue weighted by Crippen LogP contribution is 2.00. The van der Waals surface area contributed by atoms with E-state index in [1.807, 2.05) is 0 Å². The van der Waals surface area contributed by atoms with E-state index >= 15 is 0 Å². The lowest BCUT2D eigenvalue weighted by Crippen LogP contribution is -2.32. The number of esters is 1. The Morgan fingerprint density at radius 3 is 2.47 bits per heavy atom. The van der Waals surface area contributed by atoms with Gasteiger partial charge < -0.3 is 14.8 Å². The zero-order valence-corrected chi connectivity index (χ0v) is 9.54. The highest BCUT2D eigenvalue weighted by molar-refractivity contribution is 5.82. The average molecular weight is 217 g/mol. The van der Waals surface area contributed by atoms with Gasteiger partial charge in [0.1, 0.15) is 12.4 Å². The zero-order valence-electron chi connectivity index (χ0n) is 9.54.